The molecule has 12 heteroatoms. The lowest BCUT2D eigenvalue weighted by Crippen LogP contribution is -2.43. The molecule has 0 radical (unpaired) electrons. The van der Waals surface area contributed by atoms with Crippen LogP contribution in [0.2, 0.25) is 0 Å². The first-order valence-electron chi connectivity index (χ1n) is 13.2. The Labute approximate surface area is 230 Å². The van der Waals surface area contributed by atoms with Gasteiger partial charge in [0, 0.05) is 36.8 Å². The Kier molecular flexibility index (Phi) is 9.21. The van der Waals surface area contributed by atoms with Crippen LogP contribution in [0.3, 0.4) is 0 Å². The van der Waals surface area contributed by atoms with Gasteiger partial charge in [-0.1, -0.05) is 17.3 Å². The van der Waals surface area contributed by atoms with Gasteiger partial charge in [-0.2, -0.15) is 0 Å². The largest absolute Gasteiger partial charge is 0.491 e. The normalized spacial score (nSPS) is 15.8. The van der Waals surface area contributed by atoms with Crippen LogP contribution in [0.15, 0.2) is 28.8 Å². The standard InChI is InChI=1S/C27H38N6O5S/c1-6-39(35,36)33-12-10-21(11-13-33)29-26-17(2)25(24-18(3)32-38-19(24)4)30-27(31-26)20-8-7-9-23(14-20)37-16-22(34)15-28-5/h7-9,14,21-22,28,34H,6,10-13,15-16H2,1-5H3,(H,29,30,31). The first-order chi connectivity index (χ1) is 18.6. The van der Waals surface area contributed by atoms with Crippen molar-refractivity contribution in [3.63, 3.8) is 0 Å². The monoisotopic (exact) mass is 558 g/mol. The highest BCUT2D eigenvalue weighted by Crippen LogP contribution is 2.34. The number of sulfonamides is 1. The molecule has 3 aromatic rings. The second-order valence-corrected chi connectivity index (χ2v) is 12.1. The fourth-order valence-electron chi connectivity index (χ4n) is 4.72. The molecule has 4 rings (SSSR count). The van der Waals surface area contributed by atoms with Crippen molar-refractivity contribution in [2.75, 3.05) is 44.4 Å². The molecule has 1 aliphatic heterocycles. The fraction of sp³-hybridized carbons (Fsp3) is 0.519. The lowest BCUT2D eigenvalue weighted by Gasteiger charge is -2.32. The maximum absolute atomic E-state index is 12.3. The number of benzene rings is 1. The SMILES string of the molecule is CCS(=O)(=O)N1CCC(Nc2nc(-c3cccc(OCC(O)CNC)c3)nc(-c3c(C)noc3C)c2C)CC1. The number of aliphatic hydroxyl groups excluding tert-OH is 1. The first kappa shape index (κ1) is 28.9. The molecule has 3 heterocycles. The summed E-state index contributed by atoms with van der Waals surface area (Å²) in [5.41, 5.74) is 3.90. The number of nitrogens with one attached hydrogen (secondary N) is 2. The summed E-state index contributed by atoms with van der Waals surface area (Å²) in [4.78, 5) is 9.82. The minimum Gasteiger partial charge on any atom is -0.491 e. The number of piperidine rings is 1. The number of aliphatic hydroxyl groups is 1. The zero-order valence-corrected chi connectivity index (χ0v) is 24.0. The molecule has 1 aromatic carbocycles. The van der Waals surface area contributed by atoms with Crippen molar-refractivity contribution in [2.24, 2.45) is 0 Å². The van der Waals surface area contributed by atoms with Gasteiger partial charge in [0.2, 0.25) is 10.0 Å². The number of aromatic nitrogens is 3. The Morgan fingerprint density at radius 3 is 2.59 bits per heavy atom. The van der Waals surface area contributed by atoms with Gasteiger partial charge in [-0.05, 0) is 59.7 Å². The van der Waals surface area contributed by atoms with E-state index in [0.717, 1.165) is 28.1 Å². The molecule has 0 spiro atoms. The average molecular weight is 559 g/mol. The summed E-state index contributed by atoms with van der Waals surface area (Å²) in [6.07, 6.45) is 0.725. The van der Waals surface area contributed by atoms with Crippen LogP contribution in [-0.4, -0.2) is 84.1 Å². The summed E-state index contributed by atoms with van der Waals surface area (Å²) >= 11 is 0. The molecule has 1 fully saturated rings. The fourth-order valence-corrected chi connectivity index (χ4v) is 5.85. The Hall–Kier alpha value is -3.06. The van der Waals surface area contributed by atoms with Crippen LogP contribution in [0.5, 0.6) is 5.75 Å². The molecular formula is C27H38N6O5S. The van der Waals surface area contributed by atoms with Crippen LogP contribution in [-0.2, 0) is 10.0 Å². The van der Waals surface area contributed by atoms with Crippen LogP contribution in [0.4, 0.5) is 5.82 Å². The first-order valence-corrected chi connectivity index (χ1v) is 14.9. The minimum absolute atomic E-state index is 0.0654. The van der Waals surface area contributed by atoms with Gasteiger partial charge in [0.15, 0.2) is 5.82 Å². The summed E-state index contributed by atoms with van der Waals surface area (Å²) < 4.78 is 37.4. The van der Waals surface area contributed by atoms with Gasteiger partial charge in [0.1, 0.15) is 30.0 Å². The van der Waals surface area contributed by atoms with Crippen molar-refractivity contribution in [3.8, 4) is 28.4 Å². The molecule has 3 N–H and O–H groups in total. The topological polar surface area (TPSA) is 143 Å². The Balaban J connectivity index is 1.66. The number of ether oxygens (including phenoxy) is 1. The van der Waals surface area contributed by atoms with Gasteiger partial charge in [-0.3, -0.25) is 0 Å². The van der Waals surface area contributed by atoms with Crippen molar-refractivity contribution in [1.82, 2.24) is 24.7 Å². The highest BCUT2D eigenvalue weighted by atomic mass is 32.2. The van der Waals surface area contributed by atoms with Crippen LogP contribution in [0, 0.1) is 20.8 Å². The van der Waals surface area contributed by atoms with E-state index in [-0.39, 0.29) is 18.4 Å². The van der Waals surface area contributed by atoms with Gasteiger partial charge in [0.05, 0.1) is 22.7 Å². The van der Waals surface area contributed by atoms with E-state index in [1.807, 2.05) is 45.0 Å². The molecule has 2 aromatic heterocycles. The third-order valence-electron chi connectivity index (χ3n) is 6.94. The summed E-state index contributed by atoms with van der Waals surface area (Å²) in [5.74, 6) is 2.56. The molecular weight excluding hydrogens is 520 g/mol. The summed E-state index contributed by atoms with van der Waals surface area (Å²) in [6.45, 7) is 8.91. The number of hydrogen-bond donors (Lipinski definition) is 3. The van der Waals surface area contributed by atoms with Gasteiger partial charge < -0.3 is 25.0 Å². The predicted octanol–water partition coefficient (Wildman–Crippen LogP) is 2.91. The Morgan fingerprint density at radius 1 is 1.21 bits per heavy atom. The molecule has 1 atom stereocenters. The van der Waals surface area contributed by atoms with Crippen molar-refractivity contribution in [3.05, 3.63) is 41.3 Å². The Bertz CT molecular complexity index is 1370. The van der Waals surface area contributed by atoms with Gasteiger partial charge in [-0.25, -0.2) is 22.7 Å². The van der Waals surface area contributed by atoms with Crippen LogP contribution in [0.1, 0.15) is 36.8 Å². The van der Waals surface area contributed by atoms with E-state index in [2.05, 4.69) is 15.8 Å². The number of hydrogen-bond acceptors (Lipinski definition) is 10. The van der Waals surface area contributed by atoms with Gasteiger partial charge >= 0.3 is 0 Å². The van der Waals surface area contributed by atoms with E-state index in [9.17, 15) is 13.5 Å². The number of nitrogens with zero attached hydrogens (tertiary/aromatic N) is 4. The summed E-state index contributed by atoms with van der Waals surface area (Å²) in [6, 6.07) is 7.53. The molecule has 1 saturated heterocycles. The molecule has 212 valence electrons. The quantitative estimate of drug-likeness (QED) is 0.321. The number of anilines is 1. The zero-order valence-electron chi connectivity index (χ0n) is 23.2. The average Bonchev–Trinajstić information content (AvgIpc) is 3.26. The molecule has 0 aliphatic carbocycles. The summed E-state index contributed by atoms with van der Waals surface area (Å²) in [5, 5.41) is 20.6. The van der Waals surface area contributed by atoms with E-state index in [0.29, 0.717) is 55.6 Å². The predicted molar refractivity (Wildman–Crippen MR) is 150 cm³/mol. The molecule has 0 bridgehead atoms. The smallest absolute Gasteiger partial charge is 0.213 e. The van der Waals surface area contributed by atoms with E-state index in [1.54, 1.807) is 18.3 Å². The van der Waals surface area contributed by atoms with Gasteiger partial charge in [-0.15, -0.1) is 0 Å². The van der Waals surface area contributed by atoms with Crippen LogP contribution < -0.4 is 15.4 Å². The lowest BCUT2D eigenvalue weighted by atomic mass is 10.0. The Morgan fingerprint density at radius 2 is 1.95 bits per heavy atom. The third kappa shape index (κ3) is 6.75. The van der Waals surface area contributed by atoms with E-state index >= 15 is 0 Å². The summed E-state index contributed by atoms with van der Waals surface area (Å²) in [7, 11) is -1.43. The maximum atomic E-state index is 12.3. The second kappa shape index (κ2) is 12.4. The van der Waals surface area contributed by atoms with Gasteiger partial charge in [0.25, 0.3) is 0 Å². The van der Waals surface area contributed by atoms with Crippen molar-refractivity contribution < 1.29 is 22.8 Å². The van der Waals surface area contributed by atoms with Crippen molar-refractivity contribution in [2.45, 2.75) is 52.7 Å². The molecule has 0 amide bonds. The van der Waals surface area contributed by atoms with Crippen LogP contribution >= 0.6 is 0 Å². The van der Waals surface area contributed by atoms with Crippen LogP contribution in [0.25, 0.3) is 22.6 Å². The second-order valence-electron chi connectivity index (χ2n) is 9.84. The molecule has 39 heavy (non-hydrogen) atoms. The third-order valence-corrected chi connectivity index (χ3v) is 8.82. The van der Waals surface area contributed by atoms with E-state index in [1.165, 1.54) is 0 Å². The number of rotatable bonds is 11. The molecule has 1 unspecified atom stereocenters. The van der Waals surface area contributed by atoms with E-state index in [4.69, 9.17) is 19.2 Å². The molecule has 0 saturated carbocycles. The van der Waals surface area contributed by atoms with Crippen molar-refractivity contribution in [1.29, 1.82) is 0 Å². The molecule has 11 nitrogen and oxygen atoms in total. The zero-order chi connectivity index (χ0) is 28.2. The van der Waals surface area contributed by atoms with E-state index < -0.39 is 16.1 Å². The number of aryl methyl sites for hydroxylation is 2. The minimum atomic E-state index is -3.20. The number of likely N-dealkylation sites (N-methyl/N-ethyl adjacent to an activating group) is 1. The maximum Gasteiger partial charge on any atom is 0.213 e. The van der Waals surface area contributed by atoms with Crippen molar-refractivity contribution >= 4 is 15.8 Å². The highest BCUT2D eigenvalue weighted by Gasteiger charge is 2.28. The lowest BCUT2D eigenvalue weighted by molar-refractivity contribution is 0.108. The highest BCUT2D eigenvalue weighted by molar-refractivity contribution is 7.89. The molecule has 1 aliphatic rings.